The van der Waals surface area contributed by atoms with E-state index in [4.69, 9.17) is 5.73 Å². The lowest BCUT2D eigenvalue weighted by Crippen LogP contribution is -1.90. The van der Waals surface area contributed by atoms with Gasteiger partial charge in [0.2, 0.25) is 0 Å². The second-order valence-corrected chi connectivity index (χ2v) is 4.41. The van der Waals surface area contributed by atoms with Crippen molar-refractivity contribution in [1.29, 1.82) is 0 Å². The highest BCUT2D eigenvalue weighted by Crippen LogP contribution is 2.25. The van der Waals surface area contributed by atoms with E-state index in [2.05, 4.69) is 9.97 Å². The van der Waals surface area contributed by atoms with E-state index < -0.39 is 11.6 Å². The highest BCUT2D eigenvalue weighted by Gasteiger charge is 2.13. The zero-order valence-corrected chi connectivity index (χ0v) is 10.2. The van der Waals surface area contributed by atoms with Crippen LogP contribution in [-0.4, -0.2) is 9.97 Å². The van der Waals surface area contributed by atoms with Gasteiger partial charge in [-0.15, -0.1) is 0 Å². The number of rotatable bonds is 1. The predicted octanol–water partition coefficient (Wildman–Crippen LogP) is 3.40. The van der Waals surface area contributed by atoms with Crippen LogP contribution in [-0.2, 0) is 0 Å². The number of nitrogens with two attached hydrogens (primary N) is 1. The van der Waals surface area contributed by atoms with E-state index in [9.17, 15) is 8.78 Å². The molecule has 0 radical (unpaired) electrons. The van der Waals surface area contributed by atoms with Crippen molar-refractivity contribution in [3.63, 3.8) is 0 Å². The van der Waals surface area contributed by atoms with E-state index in [1.807, 2.05) is 19.1 Å². The van der Waals surface area contributed by atoms with Gasteiger partial charge in [0.25, 0.3) is 0 Å². The number of nitrogens with zero attached hydrogens (tertiary/aromatic N) is 1. The van der Waals surface area contributed by atoms with Crippen LogP contribution < -0.4 is 5.73 Å². The molecule has 5 heteroatoms. The number of halogens is 2. The number of benzene rings is 2. The van der Waals surface area contributed by atoms with Crippen molar-refractivity contribution in [3.05, 3.63) is 47.5 Å². The molecule has 0 atom stereocenters. The van der Waals surface area contributed by atoms with Crippen LogP contribution in [0, 0.1) is 18.6 Å². The summed E-state index contributed by atoms with van der Waals surface area (Å²) in [5, 5.41) is 0. The normalized spacial score (nSPS) is 11.1. The molecule has 2 aromatic carbocycles. The minimum Gasteiger partial charge on any atom is -0.398 e. The molecule has 0 fully saturated rings. The van der Waals surface area contributed by atoms with E-state index in [1.54, 1.807) is 6.07 Å². The van der Waals surface area contributed by atoms with Crippen molar-refractivity contribution in [2.45, 2.75) is 6.92 Å². The summed E-state index contributed by atoms with van der Waals surface area (Å²) >= 11 is 0. The van der Waals surface area contributed by atoms with Gasteiger partial charge < -0.3 is 10.7 Å². The van der Waals surface area contributed by atoms with Gasteiger partial charge in [0.05, 0.1) is 5.52 Å². The molecule has 0 aliphatic rings. The number of imidazole rings is 1. The van der Waals surface area contributed by atoms with Crippen molar-refractivity contribution in [1.82, 2.24) is 9.97 Å². The number of fused-ring (bicyclic) bond motifs is 1. The molecule has 19 heavy (non-hydrogen) atoms. The Hall–Kier alpha value is -2.43. The van der Waals surface area contributed by atoms with Gasteiger partial charge in [0.15, 0.2) is 11.6 Å². The third kappa shape index (κ3) is 1.83. The molecule has 0 saturated carbocycles. The third-order valence-electron chi connectivity index (χ3n) is 3.10. The third-order valence-corrected chi connectivity index (χ3v) is 3.10. The summed E-state index contributed by atoms with van der Waals surface area (Å²) in [7, 11) is 0. The van der Waals surface area contributed by atoms with Crippen LogP contribution in [0.2, 0.25) is 0 Å². The second kappa shape index (κ2) is 4.05. The summed E-state index contributed by atoms with van der Waals surface area (Å²) in [5.74, 6) is -1.39. The van der Waals surface area contributed by atoms with Gasteiger partial charge in [-0.3, -0.25) is 0 Å². The van der Waals surface area contributed by atoms with Crippen LogP contribution in [0.3, 0.4) is 0 Å². The zero-order valence-electron chi connectivity index (χ0n) is 10.2. The summed E-state index contributed by atoms with van der Waals surface area (Å²) < 4.78 is 26.7. The Balaban J connectivity index is 2.20. The molecule has 0 unspecified atom stereocenters. The Morgan fingerprint density at radius 1 is 1.16 bits per heavy atom. The van der Waals surface area contributed by atoms with Crippen LogP contribution in [0.15, 0.2) is 30.3 Å². The molecular formula is C14H11F2N3. The molecule has 0 spiro atoms. The molecular weight excluding hydrogens is 248 g/mol. The fourth-order valence-electron chi connectivity index (χ4n) is 1.94. The van der Waals surface area contributed by atoms with Gasteiger partial charge in [0.1, 0.15) is 11.3 Å². The standard InChI is InChI=1S/C14H11F2N3/c1-7-2-3-8(6-10(7)17)14-18-11-5-4-9(15)12(16)13(11)19-14/h2-6H,17H2,1H3,(H,18,19). The Bertz CT molecular complexity index is 778. The number of anilines is 1. The fraction of sp³-hybridized carbons (Fsp3) is 0.0714. The number of hydrogen-bond acceptors (Lipinski definition) is 2. The second-order valence-electron chi connectivity index (χ2n) is 4.41. The largest absolute Gasteiger partial charge is 0.398 e. The van der Waals surface area contributed by atoms with Crippen molar-refractivity contribution in [2.75, 3.05) is 5.73 Å². The smallest absolute Gasteiger partial charge is 0.186 e. The number of aromatic nitrogens is 2. The monoisotopic (exact) mass is 259 g/mol. The molecule has 3 aromatic rings. The zero-order chi connectivity index (χ0) is 13.6. The van der Waals surface area contributed by atoms with Crippen LogP contribution in [0.25, 0.3) is 22.4 Å². The lowest BCUT2D eigenvalue weighted by Gasteiger charge is -2.01. The van der Waals surface area contributed by atoms with E-state index in [1.165, 1.54) is 6.07 Å². The molecule has 0 bridgehead atoms. The van der Waals surface area contributed by atoms with Crippen LogP contribution in [0.5, 0.6) is 0 Å². The molecule has 0 aliphatic carbocycles. The topological polar surface area (TPSA) is 54.7 Å². The van der Waals surface area contributed by atoms with E-state index in [-0.39, 0.29) is 5.52 Å². The van der Waals surface area contributed by atoms with Crippen molar-refractivity contribution in [3.8, 4) is 11.4 Å². The molecule has 3 N–H and O–H groups in total. The first-order valence-electron chi connectivity index (χ1n) is 5.76. The number of aryl methyl sites for hydroxylation is 1. The maximum absolute atomic E-state index is 13.6. The summed E-state index contributed by atoms with van der Waals surface area (Å²) in [6.07, 6.45) is 0. The first-order chi connectivity index (χ1) is 9.06. The van der Waals surface area contributed by atoms with Crippen molar-refractivity contribution >= 4 is 16.7 Å². The van der Waals surface area contributed by atoms with E-state index in [0.29, 0.717) is 17.0 Å². The van der Waals surface area contributed by atoms with E-state index in [0.717, 1.165) is 17.2 Å². The summed E-state index contributed by atoms with van der Waals surface area (Å²) in [6, 6.07) is 7.97. The lowest BCUT2D eigenvalue weighted by molar-refractivity contribution is 0.515. The maximum Gasteiger partial charge on any atom is 0.186 e. The molecule has 0 saturated heterocycles. The van der Waals surface area contributed by atoms with Crippen LogP contribution in [0.4, 0.5) is 14.5 Å². The molecule has 3 nitrogen and oxygen atoms in total. The molecule has 1 aromatic heterocycles. The Morgan fingerprint density at radius 2 is 1.95 bits per heavy atom. The molecule has 3 rings (SSSR count). The van der Waals surface area contributed by atoms with E-state index >= 15 is 0 Å². The lowest BCUT2D eigenvalue weighted by atomic mass is 10.1. The molecule has 96 valence electrons. The average Bonchev–Trinajstić information content (AvgIpc) is 2.82. The molecule has 0 aliphatic heterocycles. The van der Waals surface area contributed by atoms with Crippen molar-refractivity contribution in [2.24, 2.45) is 0 Å². The van der Waals surface area contributed by atoms with Crippen molar-refractivity contribution < 1.29 is 8.78 Å². The minimum atomic E-state index is -0.944. The summed E-state index contributed by atoms with van der Waals surface area (Å²) in [5.41, 5.74) is 8.60. The highest BCUT2D eigenvalue weighted by molar-refractivity contribution is 5.80. The predicted molar refractivity (Wildman–Crippen MR) is 70.6 cm³/mol. The van der Waals surface area contributed by atoms with Crippen LogP contribution >= 0.6 is 0 Å². The van der Waals surface area contributed by atoms with Gasteiger partial charge >= 0.3 is 0 Å². The number of H-pyrrole nitrogens is 1. The number of aromatic amines is 1. The van der Waals surface area contributed by atoms with Gasteiger partial charge in [0, 0.05) is 11.3 Å². The maximum atomic E-state index is 13.6. The number of hydrogen-bond donors (Lipinski definition) is 2. The fourth-order valence-corrected chi connectivity index (χ4v) is 1.94. The Morgan fingerprint density at radius 3 is 2.68 bits per heavy atom. The Kier molecular flexibility index (Phi) is 2.48. The first-order valence-corrected chi connectivity index (χ1v) is 5.76. The number of nitrogen functional groups attached to an aromatic ring is 1. The van der Waals surface area contributed by atoms with Crippen LogP contribution in [0.1, 0.15) is 5.56 Å². The highest BCUT2D eigenvalue weighted by atomic mass is 19.2. The Labute approximate surface area is 108 Å². The molecule has 1 heterocycles. The quantitative estimate of drug-likeness (QED) is 0.658. The molecule has 0 amide bonds. The van der Waals surface area contributed by atoms with Gasteiger partial charge in [-0.25, -0.2) is 13.8 Å². The number of nitrogens with one attached hydrogen (secondary N) is 1. The summed E-state index contributed by atoms with van der Waals surface area (Å²) in [4.78, 5) is 7.04. The average molecular weight is 259 g/mol. The SMILES string of the molecule is Cc1ccc(-c2nc3c(F)c(F)ccc3[nH]2)cc1N. The van der Waals surface area contributed by atoms with Gasteiger partial charge in [-0.2, -0.15) is 0 Å². The summed E-state index contributed by atoms with van der Waals surface area (Å²) in [6.45, 7) is 1.90. The van der Waals surface area contributed by atoms with Gasteiger partial charge in [-0.1, -0.05) is 12.1 Å². The first kappa shape index (κ1) is 11.6. The van der Waals surface area contributed by atoms with Gasteiger partial charge in [-0.05, 0) is 30.7 Å². The minimum absolute atomic E-state index is 0.00542.